The average Bonchev–Trinajstić information content (AvgIpc) is 3.21. The Balaban J connectivity index is 1.72. The van der Waals surface area contributed by atoms with Crippen LogP contribution in [0.25, 0.3) is 22.6 Å². The van der Waals surface area contributed by atoms with Crippen LogP contribution in [0.2, 0.25) is 5.02 Å². The third kappa shape index (κ3) is 3.58. The Morgan fingerprint density at radius 3 is 2.38 bits per heavy atom. The Labute approximate surface area is 155 Å². The van der Waals surface area contributed by atoms with Crippen molar-refractivity contribution in [2.24, 2.45) is 0 Å². The first-order valence-corrected chi connectivity index (χ1v) is 8.50. The largest absolute Gasteiger partial charge is 0.467 e. The van der Waals surface area contributed by atoms with E-state index in [9.17, 15) is 0 Å². The molecule has 2 heterocycles. The van der Waals surface area contributed by atoms with Gasteiger partial charge in [-0.1, -0.05) is 41.9 Å². The number of hydrogen-bond acceptors (Lipinski definition) is 5. The van der Waals surface area contributed by atoms with Gasteiger partial charge in [0.25, 0.3) is 0 Å². The molecule has 0 atom stereocenters. The summed E-state index contributed by atoms with van der Waals surface area (Å²) in [6.45, 7) is 0.506. The molecular formula is C20H15ClN4O. The van der Waals surface area contributed by atoms with Gasteiger partial charge in [0.1, 0.15) is 11.5 Å². The maximum Gasteiger partial charge on any atom is 0.183 e. The summed E-state index contributed by atoms with van der Waals surface area (Å²) >= 11 is 5.96. The van der Waals surface area contributed by atoms with Gasteiger partial charge in [-0.25, -0.2) is 4.98 Å². The Bertz CT molecular complexity index is 986. The third-order valence-corrected chi connectivity index (χ3v) is 4.10. The van der Waals surface area contributed by atoms with E-state index in [0.29, 0.717) is 28.9 Å². The number of halogens is 1. The standard InChI is InChI=1S/C20H15ClN4O/c21-16-10-8-15(9-11-16)19-23-20(22-13-17-7-4-12-26-17)18(24-25-19)14-5-2-1-3-6-14/h1-12H,13H2,(H,22,23,25). The lowest BCUT2D eigenvalue weighted by molar-refractivity contribution is 0.518. The molecule has 128 valence electrons. The molecule has 0 aliphatic heterocycles. The maximum absolute atomic E-state index is 5.96. The number of nitrogens with one attached hydrogen (secondary N) is 1. The molecule has 0 radical (unpaired) electrons. The first-order valence-electron chi connectivity index (χ1n) is 8.12. The molecule has 2 aromatic heterocycles. The summed E-state index contributed by atoms with van der Waals surface area (Å²) in [5.41, 5.74) is 2.48. The lowest BCUT2D eigenvalue weighted by Gasteiger charge is -2.10. The zero-order chi connectivity index (χ0) is 17.8. The van der Waals surface area contributed by atoms with Crippen molar-refractivity contribution in [3.8, 4) is 22.6 Å². The molecule has 0 bridgehead atoms. The van der Waals surface area contributed by atoms with Crippen LogP contribution in [0.15, 0.2) is 77.4 Å². The van der Waals surface area contributed by atoms with Crippen molar-refractivity contribution >= 4 is 17.4 Å². The summed E-state index contributed by atoms with van der Waals surface area (Å²) in [7, 11) is 0. The minimum Gasteiger partial charge on any atom is -0.467 e. The molecule has 0 aliphatic rings. The molecule has 0 amide bonds. The highest BCUT2D eigenvalue weighted by molar-refractivity contribution is 6.30. The highest BCUT2D eigenvalue weighted by atomic mass is 35.5. The SMILES string of the molecule is Clc1ccc(-c2nnc(-c3ccccc3)c(NCc3ccco3)n2)cc1. The smallest absolute Gasteiger partial charge is 0.183 e. The normalized spacial score (nSPS) is 10.7. The Hall–Kier alpha value is -3.18. The van der Waals surface area contributed by atoms with Crippen molar-refractivity contribution in [2.75, 3.05) is 5.32 Å². The van der Waals surface area contributed by atoms with Crippen molar-refractivity contribution in [3.05, 3.63) is 83.8 Å². The number of anilines is 1. The maximum atomic E-state index is 5.96. The van der Waals surface area contributed by atoms with Gasteiger partial charge in [-0.15, -0.1) is 10.2 Å². The van der Waals surface area contributed by atoms with Crippen LogP contribution in [0.4, 0.5) is 5.82 Å². The Kier molecular flexibility index (Phi) is 4.62. The summed E-state index contributed by atoms with van der Waals surface area (Å²) in [5, 5.41) is 12.7. The van der Waals surface area contributed by atoms with Gasteiger partial charge in [0.2, 0.25) is 0 Å². The predicted octanol–water partition coefficient (Wildman–Crippen LogP) is 5.06. The van der Waals surface area contributed by atoms with Crippen LogP contribution in [0.5, 0.6) is 0 Å². The van der Waals surface area contributed by atoms with E-state index in [2.05, 4.69) is 20.5 Å². The monoisotopic (exact) mass is 362 g/mol. The molecular weight excluding hydrogens is 348 g/mol. The molecule has 4 aromatic rings. The zero-order valence-electron chi connectivity index (χ0n) is 13.8. The van der Waals surface area contributed by atoms with Gasteiger partial charge in [-0.3, -0.25) is 0 Å². The highest BCUT2D eigenvalue weighted by Gasteiger charge is 2.13. The van der Waals surface area contributed by atoms with Crippen molar-refractivity contribution in [2.45, 2.75) is 6.54 Å². The number of hydrogen-bond donors (Lipinski definition) is 1. The molecule has 1 N–H and O–H groups in total. The van der Waals surface area contributed by atoms with E-state index in [1.165, 1.54) is 0 Å². The molecule has 0 saturated heterocycles. The fourth-order valence-corrected chi connectivity index (χ4v) is 2.67. The molecule has 2 aromatic carbocycles. The molecule has 0 fully saturated rings. The van der Waals surface area contributed by atoms with Crippen molar-refractivity contribution < 1.29 is 4.42 Å². The minimum atomic E-state index is 0.506. The Morgan fingerprint density at radius 1 is 0.846 bits per heavy atom. The van der Waals surface area contributed by atoms with Crippen LogP contribution in [-0.4, -0.2) is 15.2 Å². The van der Waals surface area contributed by atoms with Crippen molar-refractivity contribution in [3.63, 3.8) is 0 Å². The van der Waals surface area contributed by atoms with Crippen LogP contribution in [-0.2, 0) is 6.54 Å². The minimum absolute atomic E-state index is 0.506. The molecule has 26 heavy (non-hydrogen) atoms. The molecule has 0 spiro atoms. The quantitative estimate of drug-likeness (QED) is 0.537. The topological polar surface area (TPSA) is 63.8 Å². The third-order valence-electron chi connectivity index (χ3n) is 3.85. The van der Waals surface area contributed by atoms with Gasteiger partial charge in [-0.2, -0.15) is 0 Å². The van der Waals surface area contributed by atoms with Crippen LogP contribution < -0.4 is 5.32 Å². The zero-order valence-corrected chi connectivity index (χ0v) is 14.5. The molecule has 0 aliphatic carbocycles. The van der Waals surface area contributed by atoms with Gasteiger partial charge in [0.05, 0.1) is 12.8 Å². The summed E-state index contributed by atoms with van der Waals surface area (Å²) in [4.78, 5) is 4.68. The van der Waals surface area contributed by atoms with Crippen LogP contribution in [0.1, 0.15) is 5.76 Å². The second-order valence-electron chi connectivity index (χ2n) is 5.64. The van der Waals surface area contributed by atoms with E-state index in [0.717, 1.165) is 16.9 Å². The summed E-state index contributed by atoms with van der Waals surface area (Å²) in [5.74, 6) is 1.99. The summed E-state index contributed by atoms with van der Waals surface area (Å²) < 4.78 is 5.39. The van der Waals surface area contributed by atoms with Crippen LogP contribution in [0, 0.1) is 0 Å². The predicted molar refractivity (Wildman–Crippen MR) is 102 cm³/mol. The highest BCUT2D eigenvalue weighted by Crippen LogP contribution is 2.26. The average molecular weight is 363 g/mol. The second-order valence-corrected chi connectivity index (χ2v) is 6.07. The fraction of sp³-hybridized carbons (Fsp3) is 0.0500. The molecule has 0 saturated carbocycles. The summed E-state index contributed by atoms with van der Waals surface area (Å²) in [6, 6.07) is 21.0. The number of nitrogens with zero attached hydrogens (tertiary/aromatic N) is 3. The van der Waals surface area contributed by atoms with Crippen LogP contribution in [0.3, 0.4) is 0 Å². The molecule has 6 heteroatoms. The summed E-state index contributed by atoms with van der Waals surface area (Å²) in [6.07, 6.45) is 1.65. The number of benzene rings is 2. The Morgan fingerprint density at radius 2 is 1.65 bits per heavy atom. The molecule has 5 nitrogen and oxygen atoms in total. The first kappa shape index (κ1) is 16.3. The van der Waals surface area contributed by atoms with E-state index < -0.39 is 0 Å². The van der Waals surface area contributed by atoms with Crippen molar-refractivity contribution in [1.29, 1.82) is 0 Å². The van der Waals surface area contributed by atoms with Gasteiger partial charge < -0.3 is 9.73 Å². The van der Waals surface area contributed by atoms with Gasteiger partial charge in [-0.05, 0) is 36.4 Å². The van der Waals surface area contributed by atoms with E-state index in [1.54, 1.807) is 18.4 Å². The van der Waals surface area contributed by atoms with Gasteiger partial charge in [0.15, 0.2) is 11.6 Å². The lowest BCUT2D eigenvalue weighted by Crippen LogP contribution is -2.06. The van der Waals surface area contributed by atoms with E-state index >= 15 is 0 Å². The van der Waals surface area contributed by atoms with Gasteiger partial charge >= 0.3 is 0 Å². The van der Waals surface area contributed by atoms with Gasteiger partial charge in [0, 0.05) is 16.1 Å². The number of aromatic nitrogens is 3. The number of furan rings is 1. The van der Waals surface area contributed by atoms with E-state index in [4.69, 9.17) is 16.0 Å². The first-order chi connectivity index (χ1) is 12.8. The number of rotatable bonds is 5. The van der Waals surface area contributed by atoms with E-state index in [-0.39, 0.29) is 0 Å². The second kappa shape index (κ2) is 7.37. The van der Waals surface area contributed by atoms with Crippen molar-refractivity contribution in [1.82, 2.24) is 15.2 Å². The molecule has 0 unspecified atom stereocenters. The molecule has 4 rings (SSSR count). The van der Waals surface area contributed by atoms with E-state index in [1.807, 2.05) is 54.6 Å². The lowest BCUT2D eigenvalue weighted by atomic mass is 10.1. The van der Waals surface area contributed by atoms with Crippen LogP contribution >= 0.6 is 11.6 Å². The fourth-order valence-electron chi connectivity index (χ4n) is 2.54.